The van der Waals surface area contributed by atoms with Gasteiger partial charge in [-0.2, -0.15) is 0 Å². The maximum atomic E-state index is 13.7. The van der Waals surface area contributed by atoms with Crippen LogP contribution in [0, 0.1) is 0 Å². The van der Waals surface area contributed by atoms with E-state index >= 15 is 0 Å². The molecule has 2 atom stereocenters. The molecule has 2 aliphatic heterocycles. The van der Waals surface area contributed by atoms with Gasteiger partial charge in [-0.3, -0.25) is 0 Å². The Kier molecular flexibility index (Phi) is 16.8. The lowest BCUT2D eigenvalue weighted by Crippen LogP contribution is -2.55. The molecule has 6 rings (SSSR count). The number of carbonyl (C=O) groups excluding carboxylic acids is 2. The number of amides is 2. The monoisotopic (exact) mass is 882 g/mol. The van der Waals surface area contributed by atoms with Crippen molar-refractivity contribution in [2.75, 3.05) is 78.4 Å². The molecule has 0 spiro atoms. The van der Waals surface area contributed by atoms with Crippen molar-refractivity contribution in [2.45, 2.75) is 60.2 Å². The summed E-state index contributed by atoms with van der Waals surface area (Å²) in [4.78, 5) is 26.9. The van der Waals surface area contributed by atoms with Crippen LogP contribution in [0.3, 0.4) is 0 Å². The zero-order valence-electron chi connectivity index (χ0n) is 35.8. The Morgan fingerprint density at radius 2 is 0.967 bits per heavy atom. The van der Waals surface area contributed by atoms with Gasteiger partial charge in [0.05, 0.1) is 25.5 Å². The van der Waals surface area contributed by atoms with Crippen LogP contribution < -0.4 is 29.6 Å². The molecule has 2 N–H and O–H groups in total. The van der Waals surface area contributed by atoms with Crippen molar-refractivity contribution in [2.24, 2.45) is 0 Å². The number of hydrogen-bond acceptors (Lipinski definition) is 14. The van der Waals surface area contributed by atoms with E-state index < -0.39 is 29.8 Å². The van der Waals surface area contributed by atoms with Crippen molar-refractivity contribution in [1.29, 1.82) is 0 Å². The van der Waals surface area contributed by atoms with Crippen molar-refractivity contribution < 1.29 is 64.6 Å². The van der Waals surface area contributed by atoms with Crippen LogP contribution in [0.15, 0.2) is 60.7 Å². The number of benzene rings is 4. The van der Waals surface area contributed by atoms with Gasteiger partial charge in [-0.25, -0.2) is 9.59 Å². The fourth-order valence-corrected chi connectivity index (χ4v) is 11.3. The van der Waals surface area contributed by atoms with E-state index in [-0.39, 0.29) is 31.0 Å². The minimum Gasteiger partial charge on any atom is -0.491 e. The van der Waals surface area contributed by atoms with E-state index in [1.807, 2.05) is 84.0 Å². The van der Waals surface area contributed by atoms with Gasteiger partial charge in [0.15, 0.2) is 0 Å². The van der Waals surface area contributed by atoms with E-state index in [2.05, 4.69) is 10.6 Å². The summed E-state index contributed by atoms with van der Waals surface area (Å²) in [5.74, 6) is 1.84. The third kappa shape index (κ3) is 12.9. The molecule has 2 amide bonds. The summed E-state index contributed by atoms with van der Waals surface area (Å²) in [5, 5.41) is 8.94. The second-order valence-electron chi connectivity index (χ2n) is 14.0. The molecular formula is C43H58N2O14Si2. The first-order chi connectivity index (χ1) is 29.7. The lowest BCUT2D eigenvalue weighted by molar-refractivity contribution is 0.0693. The zero-order chi connectivity index (χ0) is 43.2. The standard InChI is InChI=1S/C43H58N2O14Si2/c1-7-52-60(53-8-2,54-9-3)28-44-42(46)58-33-18-14-31-15-19-40(51-27-35-26-50-35)38(37(31)22-33)23-39-36-21-32(48-24-34-25-49-34)17-13-30(36)16-20-41(39)59-43(47)45-29-61(55-10-4,56-11-5)57-12-6/h13-22,34-35H,7-12,23-29H2,1-6H3,(H,44,46)(H,45,47). The predicted octanol–water partition coefficient (Wildman–Crippen LogP) is 6.49. The van der Waals surface area contributed by atoms with Crippen molar-refractivity contribution in [3.8, 4) is 23.0 Å². The van der Waals surface area contributed by atoms with Crippen LogP contribution >= 0.6 is 0 Å². The lowest BCUT2D eigenvalue weighted by atomic mass is 9.93. The Morgan fingerprint density at radius 1 is 0.557 bits per heavy atom. The summed E-state index contributed by atoms with van der Waals surface area (Å²) in [5.41, 5.74) is 1.46. The van der Waals surface area contributed by atoms with Crippen LogP contribution in [0.5, 0.6) is 23.0 Å². The normalized spacial score (nSPS) is 16.0. The third-order valence-corrected chi connectivity index (χ3v) is 15.2. The molecule has 2 saturated heterocycles. The molecule has 332 valence electrons. The first-order valence-corrected chi connectivity index (χ1v) is 24.9. The molecule has 61 heavy (non-hydrogen) atoms. The van der Waals surface area contributed by atoms with Gasteiger partial charge in [0.25, 0.3) is 0 Å². The Morgan fingerprint density at radius 3 is 1.46 bits per heavy atom. The van der Waals surface area contributed by atoms with Crippen molar-refractivity contribution >= 4 is 51.3 Å². The first kappa shape index (κ1) is 46.2. The smallest absolute Gasteiger partial charge is 0.491 e. The highest BCUT2D eigenvalue weighted by atomic mass is 28.4. The molecule has 18 heteroatoms. The number of hydrogen-bond donors (Lipinski definition) is 2. The molecular weight excluding hydrogens is 825 g/mol. The van der Waals surface area contributed by atoms with Crippen molar-refractivity contribution in [1.82, 2.24) is 10.6 Å². The predicted molar refractivity (Wildman–Crippen MR) is 230 cm³/mol. The van der Waals surface area contributed by atoms with Gasteiger partial charge in [-0.05, 0) is 99.5 Å². The molecule has 16 nitrogen and oxygen atoms in total. The number of carbonyl (C=O) groups is 2. The summed E-state index contributed by atoms with van der Waals surface area (Å²) in [6, 6.07) is 18.7. The second kappa shape index (κ2) is 22.1. The van der Waals surface area contributed by atoms with Crippen LogP contribution in [0.25, 0.3) is 21.5 Å². The molecule has 0 bridgehead atoms. The highest BCUT2D eigenvalue weighted by molar-refractivity contribution is 6.61. The van der Waals surface area contributed by atoms with E-state index in [9.17, 15) is 9.59 Å². The van der Waals surface area contributed by atoms with E-state index in [1.54, 1.807) is 18.2 Å². The molecule has 2 heterocycles. The molecule has 0 saturated carbocycles. The fraction of sp³-hybridized carbons (Fsp3) is 0.488. The number of nitrogens with one attached hydrogen (secondary N) is 2. The number of ether oxygens (including phenoxy) is 6. The number of epoxide rings is 2. The van der Waals surface area contributed by atoms with Gasteiger partial charge in [0.1, 0.15) is 48.4 Å². The summed E-state index contributed by atoms with van der Waals surface area (Å²) in [6.45, 7) is 15.3. The molecule has 2 fully saturated rings. The Hall–Kier alpha value is -4.35. The fourth-order valence-electron chi connectivity index (χ4n) is 6.82. The molecule has 0 aliphatic carbocycles. The van der Waals surface area contributed by atoms with E-state index in [4.69, 9.17) is 55.0 Å². The highest BCUT2D eigenvalue weighted by Crippen LogP contribution is 2.39. The second-order valence-corrected chi connectivity index (χ2v) is 19.2. The number of rotatable bonds is 26. The number of fused-ring (bicyclic) bond motifs is 2. The third-order valence-electron chi connectivity index (χ3n) is 9.64. The maximum absolute atomic E-state index is 13.7. The summed E-state index contributed by atoms with van der Waals surface area (Å²) < 4.78 is 70.9. The van der Waals surface area contributed by atoms with Crippen molar-refractivity contribution in [3.63, 3.8) is 0 Å². The topological polar surface area (TPSA) is 176 Å². The summed E-state index contributed by atoms with van der Waals surface area (Å²) in [6.07, 6.45) is -1.07. The molecule has 0 radical (unpaired) electrons. The molecule has 0 aromatic heterocycles. The van der Waals surface area contributed by atoms with Crippen molar-refractivity contribution in [3.05, 3.63) is 71.8 Å². The minimum atomic E-state index is -3.23. The summed E-state index contributed by atoms with van der Waals surface area (Å²) in [7, 11) is -6.41. The van der Waals surface area contributed by atoms with Gasteiger partial charge in [0, 0.05) is 57.2 Å². The Balaban J connectivity index is 1.35. The van der Waals surface area contributed by atoms with Crippen LogP contribution in [-0.4, -0.2) is 120 Å². The Labute approximate surface area is 359 Å². The van der Waals surface area contributed by atoms with E-state index in [1.165, 1.54) is 0 Å². The summed E-state index contributed by atoms with van der Waals surface area (Å²) >= 11 is 0. The van der Waals surface area contributed by atoms with E-state index in [0.717, 1.165) is 27.1 Å². The first-order valence-electron chi connectivity index (χ1n) is 21.0. The highest BCUT2D eigenvalue weighted by Gasteiger charge is 2.42. The van der Waals surface area contributed by atoms with Gasteiger partial charge < -0.3 is 65.6 Å². The molecule has 4 aromatic carbocycles. The maximum Gasteiger partial charge on any atom is 0.521 e. The van der Waals surface area contributed by atoms with Crippen LogP contribution in [0.1, 0.15) is 52.7 Å². The molecule has 4 aromatic rings. The molecule has 2 unspecified atom stereocenters. The zero-order valence-corrected chi connectivity index (χ0v) is 37.8. The largest absolute Gasteiger partial charge is 0.521 e. The molecule has 2 aliphatic rings. The lowest BCUT2D eigenvalue weighted by Gasteiger charge is -2.28. The van der Waals surface area contributed by atoms with Gasteiger partial charge in [-0.15, -0.1) is 0 Å². The SMILES string of the molecule is CCO[Si](CNC(=O)Oc1ccc2ccc(OCC3CO3)c(Cc3c(OC(=O)NC[Si](OCC)(OCC)OCC)ccc4ccc(OCC5CO5)cc34)c2c1)(OCC)OCC. The van der Waals surface area contributed by atoms with Crippen LogP contribution in [0.2, 0.25) is 0 Å². The average Bonchev–Trinajstić information content (AvgIpc) is 4.19. The van der Waals surface area contributed by atoms with Gasteiger partial charge in [-0.1, -0.05) is 24.3 Å². The Bertz CT molecular complexity index is 2050. The quantitative estimate of drug-likeness (QED) is 0.0517. The van der Waals surface area contributed by atoms with Crippen LogP contribution in [0.4, 0.5) is 9.59 Å². The van der Waals surface area contributed by atoms with Gasteiger partial charge >= 0.3 is 29.8 Å². The minimum absolute atomic E-state index is 0.0124. The average molecular weight is 883 g/mol. The van der Waals surface area contributed by atoms with E-state index in [0.29, 0.717) is 94.6 Å². The van der Waals surface area contributed by atoms with Crippen LogP contribution in [-0.2, 0) is 42.5 Å². The van der Waals surface area contributed by atoms with Gasteiger partial charge in [0.2, 0.25) is 0 Å².